The van der Waals surface area contributed by atoms with E-state index in [0.29, 0.717) is 0 Å². The average Bonchev–Trinajstić information content (AvgIpc) is 2.50. The van der Waals surface area contributed by atoms with Crippen LogP contribution >= 0.6 is 0 Å². The van der Waals surface area contributed by atoms with E-state index in [9.17, 15) is 0 Å². The predicted octanol–water partition coefficient (Wildman–Crippen LogP) is 2.53. The zero-order valence-corrected chi connectivity index (χ0v) is 12.7. The molecule has 1 N–H and O–H groups in total. The third-order valence-electron chi connectivity index (χ3n) is 3.74. The van der Waals surface area contributed by atoms with Crippen LogP contribution in [0, 0.1) is 0 Å². The second-order valence-corrected chi connectivity index (χ2v) is 5.17. The zero-order chi connectivity index (χ0) is 14.2. The molecule has 2 rings (SSSR count). The summed E-state index contributed by atoms with van der Waals surface area (Å²) in [6.07, 6.45) is 3.43. The van der Waals surface area contributed by atoms with Gasteiger partial charge in [0, 0.05) is 40.5 Å². The van der Waals surface area contributed by atoms with Crippen molar-refractivity contribution in [3.8, 4) is 0 Å². The minimum atomic E-state index is 0.747. The van der Waals surface area contributed by atoms with Crippen molar-refractivity contribution in [3.63, 3.8) is 0 Å². The normalized spacial score (nSPS) is 13.7. The molecule has 0 amide bonds. The summed E-state index contributed by atoms with van der Waals surface area (Å²) >= 11 is 0. The van der Waals surface area contributed by atoms with Crippen molar-refractivity contribution in [2.45, 2.75) is 19.3 Å². The monoisotopic (exact) mass is 278 g/mol. The van der Waals surface area contributed by atoms with Gasteiger partial charge >= 0.3 is 0 Å². The van der Waals surface area contributed by atoms with Crippen LogP contribution < -0.4 is 10.2 Å². The molecule has 0 spiro atoms. The Morgan fingerprint density at radius 3 is 2.80 bits per heavy atom. The topological polar surface area (TPSA) is 33.7 Å². The van der Waals surface area contributed by atoms with Crippen LogP contribution in [0.5, 0.6) is 0 Å². The highest BCUT2D eigenvalue weighted by molar-refractivity contribution is 5.74. The van der Waals surface area contributed by atoms with Crippen LogP contribution in [0.4, 0.5) is 11.4 Å². The highest BCUT2D eigenvalue weighted by Crippen LogP contribution is 2.32. The first-order chi connectivity index (χ1) is 9.86. The maximum absolute atomic E-state index is 5.25. The minimum absolute atomic E-state index is 0.747. The van der Waals surface area contributed by atoms with Crippen molar-refractivity contribution in [2.75, 3.05) is 57.3 Å². The number of nitrogens with zero attached hydrogens (tertiary/aromatic N) is 1. The summed E-state index contributed by atoms with van der Waals surface area (Å²) in [6, 6.07) is 6.60. The molecule has 4 nitrogen and oxygen atoms in total. The lowest BCUT2D eigenvalue weighted by atomic mass is 10.0. The molecular formula is C16H26N2O2. The summed E-state index contributed by atoms with van der Waals surface area (Å²) in [4.78, 5) is 2.40. The van der Waals surface area contributed by atoms with Gasteiger partial charge in [-0.15, -0.1) is 0 Å². The largest absolute Gasteiger partial charge is 0.385 e. The van der Waals surface area contributed by atoms with E-state index in [1.165, 1.54) is 29.8 Å². The Labute approximate surface area is 122 Å². The van der Waals surface area contributed by atoms with Gasteiger partial charge in [0.15, 0.2) is 0 Å². The van der Waals surface area contributed by atoms with Crippen LogP contribution in [0.25, 0.3) is 0 Å². The van der Waals surface area contributed by atoms with E-state index < -0.39 is 0 Å². The number of methoxy groups -OCH3 is 2. The Morgan fingerprint density at radius 2 is 2.00 bits per heavy atom. The Hall–Kier alpha value is -1.26. The Bertz CT molecular complexity index is 409. The second kappa shape index (κ2) is 8.12. The van der Waals surface area contributed by atoms with E-state index in [-0.39, 0.29) is 0 Å². The molecule has 1 aliphatic heterocycles. The number of hydrogen-bond donors (Lipinski definition) is 1. The highest BCUT2D eigenvalue weighted by Gasteiger charge is 2.16. The number of anilines is 2. The molecule has 0 fully saturated rings. The van der Waals surface area contributed by atoms with Crippen molar-refractivity contribution in [1.82, 2.24) is 0 Å². The summed E-state index contributed by atoms with van der Waals surface area (Å²) in [5.41, 5.74) is 4.05. The van der Waals surface area contributed by atoms with Crippen LogP contribution in [0.3, 0.4) is 0 Å². The Balaban J connectivity index is 2.14. The Kier molecular flexibility index (Phi) is 6.15. The fourth-order valence-electron chi connectivity index (χ4n) is 2.71. The summed E-state index contributed by atoms with van der Waals surface area (Å²) in [6.45, 7) is 4.52. The maximum atomic E-state index is 5.25. The molecule has 0 bridgehead atoms. The quantitative estimate of drug-likeness (QED) is 0.741. The number of rotatable bonds is 8. The van der Waals surface area contributed by atoms with Gasteiger partial charge < -0.3 is 19.7 Å². The lowest BCUT2D eigenvalue weighted by molar-refractivity contribution is 0.191. The van der Waals surface area contributed by atoms with Crippen molar-refractivity contribution in [2.24, 2.45) is 0 Å². The van der Waals surface area contributed by atoms with Gasteiger partial charge in [-0.25, -0.2) is 0 Å². The van der Waals surface area contributed by atoms with E-state index in [1.54, 1.807) is 14.2 Å². The summed E-state index contributed by atoms with van der Waals surface area (Å²) in [7, 11) is 3.51. The lowest BCUT2D eigenvalue weighted by Crippen LogP contribution is -2.30. The number of benzene rings is 1. The number of hydrogen-bond acceptors (Lipinski definition) is 4. The fourth-order valence-corrected chi connectivity index (χ4v) is 2.71. The molecular weight excluding hydrogens is 252 g/mol. The van der Waals surface area contributed by atoms with E-state index in [4.69, 9.17) is 9.47 Å². The first kappa shape index (κ1) is 15.1. The molecule has 0 atom stereocenters. The minimum Gasteiger partial charge on any atom is -0.385 e. The summed E-state index contributed by atoms with van der Waals surface area (Å²) < 4.78 is 10.4. The standard InChI is InChI=1S/C16H26N2O2/c1-19-12-5-10-18(11-13-20-2)15-8-3-6-14-7-4-9-17-16(14)15/h3,6,8,17H,4-5,7,9-13H2,1-2H3. The number of fused-ring (bicyclic) bond motifs is 1. The van der Waals surface area contributed by atoms with Crippen LogP contribution in [0.2, 0.25) is 0 Å². The molecule has 112 valence electrons. The van der Waals surface area contributed by atoms with Crippen LogP contribution in [-0.4, -0.2) is 47.1 Å². The molecule has 0 radical (unpaired) electrons. The van der Waals surface area contributed by atoms with Gasteiger partial charge in [-0.1, -0.05) is 12.1 Å². The molecule has 4 heteroatoms. The molecule has 0 unspecified atom stereocenters. The molecule has 0 saturated heterocycles. The summed E-state index contributed by atoms with van der Waals surface area (Å²) in [5.74, 6) is 0. The number of aryl methyl sites for hydroxylation is 1. The van der Waals surface area contributed by atoms with Gasteiger partial charge in [-0.3, -0.25) is 0 Å². The average molecular weight is 278 g/mol. The van der Waals surface area contributed by atoms with Crippen LogP contribution in [0.1, 0.15) is 18.4 Å². The molecule has 20 heavy (non-hydrogen) atoms. The van der Waals surface area contributed by atoms with Crippen LogP contribution in [-0.2, 0) is 15.9 Å². The molecule has 1 heterocycles. The van der Waals surface area contributed by atoms with Crippen LogP contribution in [0.15, 0.2) is 18.2 Å². The van der Waals surface area contributed by atoms with Gasteiger partial charge in [-0.2, -0.15) is 0 Å². The number of nitrogens with one attached hydrogen (secondary N) is 1. The molecule has 1 aliphatic rings. The van der Waals surface area contributed by atoms with Crippen molar-refractivity contribution in [3.05, 3.63) is 23.8 Å². The molecule has 0 saturated carbocycles. The fraction of sp³-hybridized carbons (Fsp3) is 0.625. The van der Waals surface area contributed by atoms with Gasteiger partial charge in [0.1, 0.15) is 0 Å². The van der Waals surface area contributed by atoms with Crippen molar-refractivity contribution in [1.29, 1.82) is 0 Å². The molecule has 0 aromatic heterocycles. The first-order valence-electron chi connectivity index (χ1n) is 7.45. The van der Waals surface area contributed by atoms with E-state index in [0.717, 1.165) is 39.3 Å². The predicted molar refractivity (Wildman–Crippen MR) is 83.8 cm³/mol. The van der Waals surface area contributed by atoms with E-state index in [1.807, 2.05) is 0 Å². The number of ether oxygens (including phenoxy) is 2. The zero-order valence-electron chi connectivity index (χ0n) is 12.7. The third kappa shape index (κ3) is 3.87. The summed E-state index contributed by atoms with van der Waals surface area (Å²) in [5, 5.41) is 3.56. The van der Waals surface area contributed by atoms with Crippen molar-refractivity contribution >= 4 is 11.4 Å². The van der Waals surface area contributed by atoms with E-state index >= 15 is 0 Å². The third-order valence-corrected chi connectivity index (χ3v) is 3.74. The molecule has 1 aromatic carbocycles. The van der Waals surface area contributed by atoms with Gasteiger partial charge in [0.25, 0.3) is 0 Å². The van der Waals surface area contributed by atoms with Gasteiger partial charge in [0.2, 0.25) is 0 Å². The van der Waals surface area contributed by atoms with Crippen molar-refractivity contribution < 1.29 is 9.47 Å². The molecule has 0 aliphatic carbocycles. The first-order valence-corrected chi connectivity index (χ1v) is 7.45. The smallest absolute Gasteiger partial charge is 0.0637 e. The Morgan fingerprint density at radius 1 is 1.15 bits per heavy atom. The SMILES string of the molecule is COCCCN(CCOC)c1cccc2c1NCCC2. The highest BCUT2D eigenvalue weighted by atomic mass is 16.5. The lowest BCUT2D eigenvalue weighted by Gasteiger charge is -2.30. The van der Waals surface area contributed by atoms with Gasteiger partial charge in [0.05, 0.1) is 18.0 Å². The van der Waals surface area contributed by atoms with Gasteiger partial charge in [-0.05, 0) is 30.9 Å². The molecule has 1 aromatic rings. The number of para-hydroxylation sites is 1. The maximum Gasteiger partial charge on any atom is 0.0637 e. The second-order valence-electron chi connectivity index (χ2n) is 5.17. The van der Waals surface area contributed by atoms with E-state index in [2.05, 4.69) is 28.4 Å².